The number of anilines is 1. The Hall–Kier alpha value is -1.98. The van der Waals surface area contributed by atoms with E-state index in [1.165, 1.54) is 12.3 Å². The molecule has 108 valence electrons. The first-order valence-corrected chi connectivity index (χ1v) is 6.24. The Bertz CT molecular complexity index is 588. The number of alkyl halides is 3. The maximum Gasteiger partial charge on any atom is 0.408 e. The summed E-state index contributed by atoms with van der Waals surface area (Å²) >= 11 is 0. The Balaban J connectivity index is 1.99. The zero-order chi connectivity index (χ0) is 14.8. The van der Waals surface area contributed by atoms with Crippen molar-refractivity contribution in [1.29, 1.82) is 0 Å². The molecule has 0 fully saturated rings. The summed E-state index contributed by atoms with van der Waals surface area (Å²) in [6.07, 6.45) is -2.94. The first-order chi connectivity index (χ1) is 9.33. The Morgan fingerprint density at radius 2 is 1.95 bits per heavy atom. The molecule has 20 heavy (non-hydrogen) atoms. The first-order valence-electron chi connectivity index (χ1n) is 6.24. The van der Waals surface area contributed by atoms with E-state index in [1.54, 1.807) is 0 Å². The van der Waals surface area contributed by atoms with Crippen LogP contribution in [0.15, 0.2) is 30.5 Å². The highest BCUT2D eigenvalue weighted by molar-refractivity contribution is 5.37. The maximum absolute atomic E-state index is 12.2. The number of aromatic nitrogens is 2. The zero-order valence-corrected chi connectivity index (χ0v) is 11.3. The minimum atomic E-state index is -4.25. The molecule has 1 heterocycles. The molecule has 0 atom stereocenters. The van der Waals surface area contributed by atoms with Crippen LogP contribution in [0.3, 0.4) is 0 Å². The number of aryl methyl sites for hydroxylation is 2. The third kappa shape index (κ3) is 4.01. The van der Waals surface area contributed by atoms with Crippen molar-refractivity contribution < 1.29 is 13.2 Å². The fraction of sp³-hybridized carbons (Fsp3) is 0.357. The van der Waals surface area contributed by atoms with Crippen LogP contribution in [0.5, 0.6) is 0 Å². The van der Waals surface area contributed by atoms with Gasteiger partial charge in [-0.25, -0.2) is 0 Å². The number of nitrogens with one attached hydrogen (secondary N) is 1. The molecule has 0 bridgehead atoms. The highest BCUT2D eigenvalue weighted by atomic mass is 19.4. The molecule has 0 aliphatic rings. The van der Waals surface area contributed by atoms with Crippen LogP contribution in [0.1, 0.15) is 16.7 Å². The zero-order valence-electron chi connectivity index (χ0n) is 11.3. The monoisotopic (exact) mass is 283 g/mol. The topological polar surface area (TPSA) is 29.9 Å². The molecule has 6 heteroatoms. The number of rotatable bonds is 4. The van der Waals surface area contributed by atoms with Crippen LogP contribution in [-0.2, 0) is 13.1 Å². The summed E-state index contributed by atoms with van der Waals surface area (Å²) in [5, 5.41) is 6.88. The van der Waals surface area contributed by atoms with Gasteiger partial charge in [-0.15, -0.1) is 0 Å². The van der Waals surface area contributed by atoms with Crippen LogP contribution in [0, 0.1) is 13.8 Å². The molecule has 1 N–H and O–H groups in total. The van der Waals surface area contributed by atoms with Gasteiger partial charge < -0.3 is 5.32 Å². The summed E-state index contributed by atoms with van der Waals surface area (Å²) in [4.78, 5) is 0. The molecule has 2 aromatic rings. The smallest absolute Gasteiger partial charge is 0.365 e. The van der Waals surface area contributed by atoms with Crippen LogP contribution >= 0.6 is 0 Å². The molecular weight excluding hydrogens is 267 g/mol. The Morgan fingerprint density at radius 3 is 2.65 bits per heavy atom. The molecule has 0 unspecified atom stereocenters. The van der Waals surface area contributed by atoms with Gasteiger partial charge in [0.1, 0.15) is 12.4 Å². The summed E-state index contributed by atoms with van der Waals surface area (Å²) in [5.74, 6) is 0.440. The molecule has 2 rings (SSSR count). The van der Waals surface area contributed by atoms with Crippen LogP contribution in [0.4, 0.5) is 19.0 Å². The molecule has 3 nitrogen and oxygen atoms in total. The van der Waals surface area contributed by atoms with E-state index >= 15 is 0 Å². The van der Waals surface area contributed by atoms with Crippen LogP contribution in [-0.4, -0.2) is 16.0 Å². The molecule has 1 aromatic heterocycles. The highest BCUT2D eigenvalue weighted by Crippen LogP contribution is 2.18. The van der Waals surface area contributed by atoms with E-state index in [-0.39, 0.29) is 0 Å². The number of hydrogen-bond donors (Lipinski definition) is 1. The Labute approximate surface area is 115 Å². The summed E-state index contributed by atoms with van der Waals surface area (Å²) < 4.78 is 37.5. The largest absolute Gasteiger partial charge is 0.408 e. The van der Waals surface area contributed by atoms with E-state index in [4.69, 9.17) is 0 Å². The molecule has 0 aliphatic heterocycles. The van der Waals surface area contributed by atoms with Gasteiger partial charge in [-0.3, -0.25) is 4.68 Å². The van der Waals surface area contributed by atoms with Crippen molar-refractivity contribution in [2.75, 3.05) is 5.32 Å². The lowest BCUT2D eigenvalue weighted by Gasteiger charge is -2.08. The third-order valence-corrected chi connectivity index (χ3v) is 2.95. The molecule has 0 saturated carbocycles. The van der Waals surface area contributed by atoms with Gasteiger partial charge in [0.15, 0.2) is 0 Å². The SMILES string of the molecule is Cc1ccc(C)c(CNc2ccn(CC(F)(F)F)n2)c1. The average Bonchev–Trinajstić information content (AvgIpc) is 2.75. The molecule has 1 aromatic carbocycles. The van der Waals surface area contributed by atoms with Gasteiger partial charge >= 0.3 is 6.18 Å². The summed E-state index contributed by atoms with van der Waals surface area (Å²) in [6.45, 7) is 3.47. The second-order valence-electron chi connectivity index (χ2n) is 4.80. The second kappa shape index (κ2) is 5.56. The van der Waals surface area contributed by atoms with E-state index in [0.717, 1.165) is 21.4 Å². The van der Waals surface area contributed by atoms with E-state index in [2.05, 4.69) is 16.5 Å². The van der Waals surface area contributed by atoms with E-state index in [9.17, 15) is 13.2 Å². The Kier molecular flexibility index (Phi) is 4.01. The first kappa shape index (κ1) is 14.4. The number of hydrogen-bond acceptors (Lipinski definition) is 2. The lowest BCUT2D eigenvalue weighted by Crippen LogP contribution is -2.18. The second-order valence-corrected chi connectivity index (χ2v) is 4.80. The van der Waals surface area contributed by atoms with Gasteiger partial charge in [0.05, 0.1) is 0 Å². The fourth-order valence-corrected chi connectivity index (χ4v) is 1.90. The van der Waals surface area contributed by atoms with Crippen molar-refractivity contribution in [2.45, 2.75) is 33.1 Å². The minimum Gasteiger partial charge on any atom is -0.365 e. The molecule has 0 saturated heterocycles. The lowest BCUT2D eigenvalue weighted by atomic mass is 10.1. The molecule has 0 aliphatic carbocycles. The minimum absolute atomic E-state index is 0.440. The van der Waals surface area contributed by atoms with Gasteiger partial charge in [0, 0.05) is 18.8 Å². The number of benzene rings is 1. The number of nitrogens with zero attached hydrogens (tertiary/aromatic N) is 2. The number of halogens is 3. The van der Waals surface area contributed by atoms with Crippen molar-refractivity contribution in [3.63, 3.8) is 0 Å². The summed E-state index contributed by atoms with van der Waals surface area (Å²) in [6, 6.07) is 7.64. The van der Waals surface area contributed by atoms with E-state index in [0.29, 0.717) is 12.4 Å². The van der Waals surface area contributed by atoms with Gasteiger partial charge in [0.2, 0.25) is 0 Å². The molecular formula is C14H16F3N3. The summed E-state index contributed by atoms with van der Waals surface area (Å²) in [5.41, 5.74) is 3.39. The molecule has 0 radical (unpaired) electrons. The Morgan fingerprint density at radius 1 is 1.20 bits per heavy atom. The highest BCUT2D eigenvalue weighted by Gasteiger charge is 2.28. The molecule has 0 spiro atoms. The predicted molar refractivity (Wildman–Crippen MR) is 71.5 cm³/mol. The third-order valence-electron chi connectivity index (χ3n) is 2.95. The van der Waals surface area contributed by atoms with E-state index in [1.807, 2.05) is 26.0 Å². The van der Waals surface area contributed by atoms with Gasteiger partial charge in [-0.05, 0) is 25.0 Å². The van der Waals surface area contributed by atoms with Crippen molar-refractivity contribution >= 4 is 5.82 Å². The van der Waals surface area contributed by atoms with Crippen molar-refractivity contribution in [2.24, 2.45) is 0 Å². The standard InChI is InChI=1S/C14H16F3N3/c1-10-3-4-11(2)12(7-10)8-18-13-5-6-20(19-13)9-14(15,16)17/h3-7H,8-9H2,1-2H3,(H,18,19). The summed E-state index contributed by atoms with van der Waals surface area (Å²) in [7, 11) is 0. The van der Waals surface area contributed by atoms with Crippen LogP contribution < -0.4 is 5.32 Å². The fourth-order valence-electron chi connectivity index (χ4n) is 1.90. The van der Waals surface area contributed by atoms with Crippen LogP contribution in [0.2, 0.25) is 0 Å². The molecule has 0 amide bonds. The maximum atomic E-state index is 12.2. The average molecular weight is 283 g/mol. The van der Waals surface area contributed by atoms with Gasteiger partial charge in [-0.1, -0.05) is 23.8 Å². The normalized spacial score (nSPS) is 11.7. The van der Waals surface area contributed by atoms with Gasteiger partial charge in [0.25, 0.3) is 0 Å². The van der Waals surface area contributed by atoms with Crippen molar-refractivity contribution in [3.8, 4) is 0 Å². The van der Waals surface area contributed by atoms with Gasteiger partial charge in [-0.2, -0.15) is 18.3 Å². The van der Waals surface area contributed by atoms with Crippen LogP contribution in [0.25, 0.3) is 0 Å². The predicted octanol–water partition coefficient (Wildman–Crippen LogP) is 3.67. The van der Waals surface area contributed by atoms with Crippen molar-refractivity contribution in [1.82, 2.24) is 9.78 Å². The van der Waals surface area contributed by atoms with Crippen molar-refractivity contribution in [3.05, 3.63) is 47.2 Å². The quantitative estimate of drug-likeness (QED) is 0.927. The van der Waals surface area contributed by atoms with E-state index < -0.39 is 12.7 Å². The lowest BCUT2D eigenvalue weighted by molar-refractivity contribution is -0.142.